The zero-order chi connectivity index (χ0) is 21.2. The van der Waals surface area contributed by atoms with Crippen LogP contribution in [0.1, 0.15) is 31.9 Å². The summed E-state index contributed by atoms with van der Waals surface area (Å²) in [6, 6.07) is 17.2. The highest BCUT2D eigenvalue weighted by atomic mass is 35.5. The van der Waals surface area contributed by atoms with E-state index in [1.165, 1.54) is 0 Å². The minimum Gasteiger partial charge on any atom is -0.352 e. The van der Waals surface area contributed by atoms with Gasteiger partial charge in [0, 0.05) is 23.4 Å². The minimum atomic E-state index is -0.509. The maximum absolute atomic E-state index is 12.9. The molecule has 156 valence electrons. The summed E-state index contributed by atoms with van der Waals surface area (Å²) in [6.45, 7) is 6.15. The number of thioether (sulfide) groups is 1. The number of carbonyl (C=O) groups excluding carboxylic acids is 2. The van der Waals surface area contributed by atoms with Gasteiger partial charge in [0.15, 0.2) is 0 Å². The average Bonchev–Trinajstić information content (AvgIpc) is 2.69. The molecule has 2 aromatic carbocycles. The Morgan fingerprint density at radius 3 is 2.28 bits per heavy atom. The summed E-state index contributed by atoms with van der Waals surface area (Å²) in [6.07, 6.45) is 0.716. The van der Waals surface area contributed by atoms with Gasteiger partial charge in [-0.1, -0.05) is 54.1 Å². The highest BCUT2D eigenvalue weighted by molar-refractivity contribution is 7.99. The van der Waals surface area contributed by atoms with Crippen LogP contribution in [0.25, 0.3) is 0 Å². The van der Waals surface area contributed by atoms with E-state index in [1.807, 2.05) is 68.4 Å². The Morgan fingerprint density at radius 1 is 1.00 bits per heavy atom. The third-order valence-corrected chi connectivity index (χ3v) is 5.73. The van der Waals surface area contributed by atoms with Gasteiger partial charge in [0.1, 0.15) is 6.04 Å². The molecule has 29 heavy (non-hydrogen) atoms. The first-order valence-electron chi connectivity index (χ1n) is 9.82. The van der Waals surface area contributed by atoms with Crippen LogP contribution in [-0.2, 0) is 21.8 Å². The van der Waals surface area contributed by atoms with Gasteiger partial charge < -0.3 is 10.2 Å². The van der Waals surface area contributed by atoms with Crippen molar-refractivity contribution in [3.63, 3.8) is 0 Å². The minimum absolute atomic E-state index is 0.0219. The molecule has 0 bridgehead atoms. The average molecular weight is 433 g/mol. The molecule has 0 aromatic heterocycles. The topological polar surface area (TPSA) is 49.4 Å². The highest BCUT2D eigenvalue weighted by Gasteiger charge is 2.25. The number of halogens is 1. The number of nitrogens with one attached hydrogen (secondary N) is 1. The van der Waals surface area contributed by atoms with Crippen molar-refractivity contribution in [1.82, 2.24) is 10.2 Å². The number of benzene rings is 2. The standard InChI is InChI=1S/C23H29ClN2O2S/c1-17(2)25-23(28)18(3)26(14-13-19-7-5-4-6-8-19)22(27)16-29-15-20-9-11-21(24)12-10-20/h4-12,17-18H,13-16H2,1-3H3,(H,25,28). The Kier molecular flexibility index (Phi) is 9.55. The summed E-state index contributed by atoms with van der Waals surface area (Å²) < 4.78 is 0. The summed E-state index contributed by atoms with van der Waals surface area (Å²) in [5.41, 5.74) is 2.27. The lowest BCUT2D eigenvalue weighted by Gasteiger charge is -2.29. The van der Waals surface area contributed by atoms with Crippen LogP contribution in [-0.4, -0.2) is 41.1 Å². The second-order valence-corrected chi connectivity index (χ2v) is 8.70. The maximum atomic E-state index is 12.9. The largest absolute Gasteiger partial charge is 0.352 e. The molecule has 4 nitrogen and oxygen atoms in total. The maximum Gasteiger partial charge on any atom is 0.242 e. The number of carbonyl (C=O) groups is 2. The number of nitrogens with zero attached hydrogens (tertiary/aromatic N) is 1. The summed E-state index contributed by atoms with van der Waals surface area (Å²) in [5, 5.41) is 3.61. The van der Waals surface area contributed by atoms with Crippen molar-refractivity contribution in [1.29, 1.82) is 0 Å². The van der Waals surface area contributed by atoms with E-state index >= 15 is 0 Å². The second-order valence-electron chi connectivity index (χ2n) is 7.28. The van der Waals surface area contributed by atoms with Gasteiger partial charge in [-0.25, -0.2) is 0 Å². The third kappa shape index (κ3) is 8.11. The van der Waals surface area contributed by atoms with E-state index in [0.29, 0.717) is 23.7 Å². The molecular formula is C23H29ClN2O2S. The SMILES string of the molecule is CC(C)NC(=O)C(C)N(CCc1ccccc1)C(=O)CSCc1ccc(Cl)cc1. The van der Waals surface area contributed by atoms with Gasteiger partial charge in [0.2, 0.25) is 11.8 Å². The summed E-state index contributed by atoms with van der Waals surface area (Å²) >= 11 is 7.47. The molecule has 1 atom stereocenters. The molecule has 0 aliphatic heterocycles. The van der Waals surface area contributed by atoms with E-state index in [-0.39, 0.29) is 17.9 Å². The lowest BCUT2D eigenvalue weighted by Crippen LogP contribution is -2.50. The molecule has 2 amide bonds. The van der Waals surface area contributed by atoms with Crippen molar-refractivity contribution >= 4 is 35.2 Å². The van der Waals surface area contributed by atoms with E-state index in [4.69, 9.17) is 11.6 Å². The number of hydrogen-bond donors (Lipinski definition) is 1. The summed E-state index contributed by atoms with van der Waals surface area (Å²) in [5.74, 6) is 0.911. The zero-order valence-electron chi connectivity index (χ0n) is 17.2. The lowest BCUT2D eigenvalue weighted by molar-refractivity contribution is -0.138. The summed E-state index contributed by atoms with van der Waals surface area (Å²) in [4.78, 5) is 27.2. The van der Waals surface area contributed by atoms with Crippen LogP contribution >= 0.6 is 23.4 Å². The van der Waals surface area contributed by atoms with Gasteiger partial charge in [-0.15, -0.1) is 11.8 Å². The first kappa shape index (κ1) is 23.3. The molecular weight excluding hydrogens is 404 g/mol. The molecule has 1 N–H and O–H groups in total. The van der Waals surface area contributed by atoms with Gasteiger partial charge in [-0.05, 0) is 50.5 Å². The predicted octanol–water partition coefficient (Wildman–Crippen LogP) is 4.56. The Balaban J connectivity index is 1.98. The van der Waals surface area contributed by atoms with Gasteiger partial charge in [0.05, 0.1) is 5.75 Å². The van der Waals surface area contributed by atoms with Crippen molar-refractivity contribution in [3.8, 4) is 0 Å². The van der Waals surface area contributed by atoms with Crippen LogP contribution in [0.2, 0.25) is 5.02 Å². The fourth-order valence-electron chi connectivity index (χ4n) is 2.89. The number of rotatable bonds is 10. The Labute approximate surface area is 183 Å². The Bertz CT molecular complexity index is 781. The molecule has 6 heteroatoms. The molecule has 0 saturated carbocycles. The molecule has 0 aliphatic carbocycles. The van der Waals surface area contributed by atoms with Gasteiger partial charge in [0.25, 0.3) is 0 Å². The van der Waals surface area contributed by atoms with Gasteiger partial charge >= 0.3 is 0 Å². The van der Waals surface area contributed by atoms with E-state index in [0.717, 1.165) is 16.9 Å². The molecule has 0 spiro atoms. The first-order valence-corrected chi connectivity index (χ1v) is 11.4. The van der Waals surface area contributed by atoms with E-state index in [1.54, 1.807) is 23.6 Å². The van der Waals surface area contributed by atoms with E-state index in [2.05, 4.69) is 5.32 Å². The molecule has 2 rings (SSSR count). The van der Waals surface area contributed by atoms with Crippen molar-refractivity contribution in [2.24, 2.45) is 0 Å². The van der Waals surface area contributed by atoms with Crippen molar-refractivity contribution in [2.45, 2.75) is 45.0 Å². The van der Waals surface area contributed by atoms with Crippen LogP contribution < -0.4 is 5.32 Å². The highest BCUT2D eigenvalue weighted by Crippen LogP contribution is 2.17. The smallest absolute Gasteiger partial charge is 0.242 e. The zero-order valence-corrected chi connectivity index (χ0v) is 18.8. The van der Waals surface area contributed by atoms with Gasteiger partial charge in [-0.2, -0.15) is 0 Å². The fraction of sp³-hybridized carbons (Fsp3) is 0.391. The molecule has 0 heterocycles. The van der Waals surface area contributed by atoms with Crippen LogP contribution in [0.15, 0.2) is 54.6 Å². The Hall–Kier alpha value is -1.98. The second kappa shape index (κ2) is 11.9. The molecule has 0 fully saturated rings. The fourth-order valence-corrected chi connectivity index (χ4v) is 3.89. The monoisotopic (exact) mass is 432 g/mol. The van der Waals surface area contributed by atoms with Crippen LogP contribution in [0.5, 0.6) is 0 Å². The molecule has 2 aromatic rings. The number of amides is 2. The molecule has 1 unspecified atom stereocenters. The van der Waals surface area contributed by atoms with Gasteiger partial charge in [-0.3, -0.25) is 9.59 Å². The van der Waals surface area contributed by atoms with E-state index in [9.17, 15) is 9.59 Å². The van der Waals surface area contributed by atoms with Crippen LogP contribution in [0, 0.1) is 0 Å². The van der Waals surface area contributed by atoms with Crippen LogP contribution in [0.3, 0.4) is 0 Å². The lowest BCUT2D eigenvalue weighted by atomic mass is 10.1. The van der Waals surface area contributed by atoms with E-state index < -0.39 is 6.04 Å². The molecule has 0 radical (unpaired) electrons. The van der Waals surface area contributed by atoms with Crippen molar-refractivity contribution in [2.75, 3.05) is 12.3 Å². The quantitative estimate of drug-likeness (QED) is 0.598. The first-order chi connectivity index (χ1) is 13.9. The van der Waals surface area contributed by atoms with Crippen LogP contribution in [0.4, 0.5) is 0 Å². The normalized spacial score (nSPS) is 11.9. The summed E-state index contributed by atoms with van der Waals surface area (Å²) in [7, 11) is 0. The molecule has 0 saturated heterocycles. The van der Waals surface area contributed by atoms with Crippen molar-refractivity contribution < 1.29 is 9.59 Å². The predicted molar refractivity (Wildman–Crippen MR) is 122 cm³/mol. The van der Waals surface area contributed by atoms with Crippen molar-refractivity contribution in [3.05, 3.63) is 70.7 Å². The molecule has 0 aliphatic rings. The number of hydrogen-bond acceptors (Lipinski definition) is 3. The Morgan fingerprint density at radius 2 is 1.66 bits per heavy atom. The third-order valence-electron chi connectivity index (χ3n) is 4.49.